The lowest BCUT2D eigenvalue weighted by Gasteiger charge is -2.44. The van der Waals surface area contributed by atoms with E-state index in [1.807, 2.05) is 83.8 Å². The molecule has 1 amide bonds. The van der Waals surface area contributed by atoms with Crippen molar-refractivity contribution in [1.82, 2.24) is 5.32 Å². The first-order valence-corrected chi connectivity index (χ1v) is 11.1. The molecule has 6 rings (SSSR count). The molecule has 0 radical (unpaired) electrons. The van der Waals surface area contributed by atoms with Crippen LogP contribution in [0.3, 0.4) is 0 Å². The molecule has 4 aromatic carbocycles. The first kappa shape index (κ1) is 20.1. The van der Waals surface area contributed by atoms with Gasteiger partial charge in [-0.1, -0.05) is 97.1 Å². The van der Waals surface area contributed by atoms with Gasteiger partial charge < -0.3 is 10.2 Å². The van der Waals surface area contributed by atoms with Gasteiger partial charge in [0.1, 0.15) is 0 Å². The number of Topliss-reactive ketones (excluding diaryl/α,β-unsaturated/α-hetero) is 2. The summed E-state index contributed by atoms with van der Waals surface area (Å²) in [5.74, 6) is -1.94. The molecule has 2 aliphatic rings. The third-order valence-corrected chi connectivity index (χ3v) is 6.85. The van der Waals surface area contributed by atoms with Crippen LogP contribution in [0.4, 0.5) is 11.4 Å². The van der Waals surface area contributed by atoms with Crippen molar-refractivity contribution in [3.63, 3.8) is 0 Å². The van der Waals surface area contributed by atoms with Gasteiger partial charge in [0.2, 0.25) is 5.78 Å². The lowest BCUT2D eigenvalue weighted by Crippen LogP contribution is -2.62. The van der Waals surface area contributed by atoms with Crippen molar-refractivity contribution in [3.05, 3.63) is 132 Å². The van der Waals surface area contributed by atoms with E-state index in [0.29, 0.717) is 22.4 Å². The summed E-state index contributed by atoms with van der Waals surface area (Å²) in [6.07, 6.45) is 0. The largest absolute Gasteiger partial charge is 0.321 e. The molecule has 34 heavy (non-hydrogen) atoms. The molecule has 0 aromatic heterocycles. The Morgan fingerprint density at radius 3 is 1.91 bits per heavy atom. The van der Waals surface area contributed by atoms with Gasteiger partial charge in [0.25, 0.3) is 5.91 Å². The Morgan fingerprint density at radius 2 is 1.24 bits per heavy atom. The highest BCUT2D eigenvalue weighted by Crippen LogP contribution is 2.62. The van der Waals surface area contributed by atoms with Crippen LogP contribution in [0.15, 0.2) is 115 Å². The maximum Gasteiger partial charge on any atom is 0.291 e. The molecule has 2 heterocycles. The fourth-order valence-corrected chi connectivity index (χ4v) is 5.56. The maximum atomic E-state index is 14.5. The van der Waals surface area contributed by atoms with Crippen molar-refractivity contribution in [2.45, 2.75) is 11.1 Å². The molecule has 2 atom stereocenters. The van der Waals surface area contributed by atoms with Gasteiger partial charge in [0.15, 0.2) is 16.9 Å². The number of nitrogens with zero attached hydrogens (tertiary/aromatic N) is 1. The summed E-state index contributed by atoms with van der Waals surface area (Å²) in [7, 11) is 0. The Labute approximate surface area is 196 Å². The van der Waals surface area contributed by atoms with E-state index in [1.54, 1.807) is 36.4 Å². The van der Waals surface area contributed by atoms with Gasteiger partial charge in [-0.25, -0.2) is 0 Å². The number of nitrogens with one attached hydrogen (secondary N) is 1. The van der Waals surface area contributed by atoms with Crippen LogP contribution in [0, 0.1) is 0 Å². The first-order chi connectivity index (χ1) is 16.6. The minimum atomic E-state index is -1.81. The fraction of sp³-hybridized carbons (Fsp3) is 0.0690. The zero-order chi connectivity index (χ0) is 23.3. The molecule has 1 fully saturated rings. The lowest BCUT2D eigenvalue weighted by atomic mass is 9.65. The number of ketones is 2. The molecule has 164 valence electrons. The average Bonchev–Trinajstić information content (AvgIpc) is 3.30. The van der Waals surface area contributed by atoms with Gasteiger partial charge in [-0.3, -0.25) is 14.4 Å². The van der Waals surface area contributed by atoms with Crippen LogP contribution in [0.25, 0.3) is 0 Å². The van der Waals surface area contributed by atoms with E-state index in [2.05, 4.69) is 5.32 Å². The van der Waals surface area contributed by atoms with Crippen molar-refractivity contribution in [2.75, 3.05) is 4.90 Å². The van der Waals surface area contributed by atoms with Crippen LogP contribution in [0.5, 0.6) is 0 Å². The Hall–Kier alpha value is -4.51. The third-order valence-electron chi connectivity index (χ3n) is 6.85. The van der Waals surface area contributed by atoms with Crippen LogP contribution >= 0.6 is 0 Å². The molecule has 0 aliphatic carbocycles. The second-order valence-electron chi connectivity index (χ2n) is 8.49. The van der Waals surface area contributed by atoms with E-state index in [9.17, 15) is 14.4 Å². The molecule has 5 nitrogen and oxygen atoms in total. The van der Waals surface area contributed by atoms with E-state index < -0.39 is 28.6 Å². The maximum absolute atomic E-state index is 14.5. The van der Waals surface area contributed by atoms with Crippen molar-refractivity contribution < 1.29 is 14.4 Å². The van der Waals surface area contributed by atoms with Crippen LogP contribution in [0.1, 0.15) is 21.5 Å². The van der Waals surface area contributed by atoms with Crippen LogP contribution in [-0.4, -0.2) is 17.5 Å². The number of rotatable bonds is 4. The van der Waals surface area contributed by atoms with Crippen LogP contribution < -0.4 is 10.2 Å². The van der Waals surface area contributed by atoms with E-state index in [-0.39, 0.29) is 0 Å². The van der Waals surface area contributed by atoms with E-state index in [4.69, 9.17) is 0 Å². The van der Waals surface area contributed by atoms with Crippen molar-refractivity contribution >= 4 is 28.8 Å². The summed E-state index contributed by atoms with van der Waals surface area (Å²) in [6.45, 7) is 0. The monoisotopic (exact) mass is 444 g/mol. The fourth-order valence-electron chi connectivity index (χ4n) is 5.56. The summed E-state index contributed by atoms with van der Waals surface area (Å²) in [5, 5.41) is 3.00. The Balaban J connectivity index is 1.79. The summed E-state index contributed by atoms with van der Waals surface area (Å²) in [6, 6.07) is 34.9. The molecule has 2 aliphatic heterocycles. The highest BCUT2D eigenvalue weighted by Gasteiger charge is 2.76. The van der Waals surface area contributed by atoms with E-state index >= 15 is 0 Å². The van der Waals surface area contributed by atoms with Gasteiger partial charge in [-0.05, 0) is 18.2 Å². The Morgan fingerprint density at radius 1 is 0.676 bits per heavy atom. The molecular weight excluding hydrogens is 424 g/mol. The third kappa shape index (κ3) is 2.36. The van der Waals surface area contributed by atoms with Crippen LogP contribution in [-0.2, 0) is 20.7 Å². The number of anilines is 2. The number of hydrogen-bond acceptors (Lipinski definition) is 4. The molecule has 1 N–H and O–H groups in total. The van der Waals surface area contributed by atoms with Crippen molar-refractivity contribution in [3.8, 4) is 0 Å². The predicted octanol–water partition coefficient (Wildman–Crippen LogP) is 4.51. The SMILES string of the molecule is O=C1N[C@]2(c3ccccc3)N(c3ccccc3)c3ccccc3[C@@]2(C(=O)c2ccccc2)C1=O. The molecule has 0 bridgehead atoms. The summed E-state index contributed by atoms with van der Waals surface area (Å²) < 4.78 is 0. The molecule has 5 heteroatoms. The highest BCUT2D eigenvalue weighted by atomic mass is 16.2. The molecule has 0 spiro atoms. The summed E-state index contributed by atoms with van der Waals surface area (Å²) in [5.41, 5.74) is -0.276. The second-order valence-corrected chi connectivity index (χ2v) is 8.49. The van der Waals surface area contributed by atoms with Gasteiger partial charge in [-0.2, -0.15) is 0 Å². The molecule has 1 saturated heterocycles. The quantitative estimate of drug-likeness (QED) is 0.286. The number of benzene rings is 4. The zero-order valence-electron chi connectivity index (χ0n) is 18.1. The van der Waals surface area contributed by atoms with Crippen molar-refractivity contribution in [1.29, 1.82) is 0 Å². The topological polar surface area (TPSA) is 66.5 Å². The van der Waals surface area contributed by atoms with E-state index in [0.717, 1.165) is 5.69 Å². The summed E-state index contributed by atoms with van der Waals surface area (Å²) >= 11 is 0. The molecule has 4 aromatic rings. The number of carbonyl (C=O) groups excluding carboxylic acids is 3. The molecular formula is C29H20N2O3. The summed E-state index contributed by atoms with van der Waals surface area (Å²) in [4.78, 5) is 43.7. The molecule has 0 saturated carbocycles. The van der Waals surface area contributed by atoms with Crippen molar-refractivity contribution in [2.24, 2.45) is 0 Å². The molecule has 0 unspecified atom stereocenters. The standard InChI is InChI=1S/C29H20N2O3/c32-25(20-12-4-1-5-13-20)28-23-18-10-11-19-24(23)31(22-16-8-3-9-17-22)29(28,30-27(34)26(28)33)21-14-6-2-7-15-21/h1-19H,(H,30,34)/t28-,29-/m1/s1. The number of para-hydroxylation sites is 2. The van der Waals surface area contributed by atoms with Gasteiger partial charge in [-0.15, -0.1) is 0 Å². The highest BCUT2D eigenvalue weighted by molar-refractivity contribution is 6.50. The number of fused-ring (bicyclic) bond motifs is 3. The number of hydrogen-bond donors (Lipinski definition) is 1. The minimum absolute atomic E-state index is 0.373. The number of carbonyl (C=O) groups is 3. The number of amides is 1. The van der Waals surface area contributed by atoms with Gasteiger partial charge in [0.05, 0.1) is 0 Å². The smallest absolute Gasteiger partial charge is 0.291 e. The van der Waals surface area contributed by atoms with Crippen LogP contribution in [0.2, 0.25) is 0 Å². The Bertz CT molecular complexity index is 1440. The predicted molar refractivity (Wildman–Crippen MR) is 129 cm³/mol. The second kappa shape index (κ2) is 7.25. The normalized spacial score (nSPS) is 22.8. The van der Waals surface area contributed by atoms with E-state index in [1.165, 1.54) is 0 Å². The average molecular weight is 444 g/mol. The lowest BCUT2D eigenvalue weighted by molar-refractivity contribution is -0.136. The minimum Gasteiger partial charge on any atom is -0.321 e. The van der Waals surface area contributed by atoms with Gasteiger partial charge >= 0.3 is 0 Å². The van der Waals surface area contributed by atoms with Gasteiger partial charge in [0, 0.05) is 28.1 Å². The first-order valence-electron chi connectivity index (χ1n) is 11.1. The Kier molecular flexibility index (Phi) is 4.29. The zero-order valence-corrected chi connectivity index (χ0v) is 18.1.